The summed E-state index contributed by atoms with van der Waals surface area (Å²) in [5.41, 5.74) is 0.430. The summed E-state index contributed by atoms with van der Waals surface area (Å²) in [7, 11) is 0. The van der Waals surface area contributed by atoms with Crippen LogP contribution in [0.3, 0.4) is 0 Å². The van der Waals surface area contributed by atoms with Gasteiger partial charge in [-0.3, -0.25) is 19.9 Å². The lowest BCUT2D eigenvalue weighted by Gasteiger charge is -2.05. The van der Waals surface area contributed by atoms with E-state index in [-0.39, 0.29) is 11.3 Å². The van der Waals surface area contributed by atoms with Crippen LogP contribution in [0.1, 0.15) is 20.9 Å². The fourth-order valence-electron chi connectivity index (χ4n) is 1.56. The number of thiophene rings is 1. The molecule has 0 radical (unpaired) electrons. The first-order valence-corrected chi connectivity index (χ1v) is 6.80. The average molecular weight is 312 g/mol. The number of amides is 1. The topological polar surface area (TPSA) is 85.1 Å². The number of nitro groups is 1. The SMILES string of the molecule is Cc1ncc([N+](=O)[O-])cc1C(=O)NCc1ccc(Cl)s1. The van der Waals surface area contributed by atoms with Crippen LogP contribution < -0.4 is 5.32 Å². The Hall–Kier alpha value is -1.99. The number of carbonyl (C=O) groups is 1. The fourth-order valence-corrected chi connectivity index (χ4v) is 2.59. The lowest BCUT2D eigenvalue weighted by atomic mass is 10.2. The van der Waals surface area contributed by atoms with E-state index in [1.54, 1.807) is 13.0 Å². The van der Waals surface area contributed by atoms with E-state index in [9.17, 15) is 14.9 Å². The molecule has 2 aromatic rings. The summed E-state index contributed by atoms with van der Waals surface area (Å²) in [6, 6.07) is 4.78. The normalized spacial score (nSPS) is 10.3. The molecule has 0 aliphatic rings. The van der Waals surface area contributed by atoms with Crippen LogP contribution in [-0.2, 0) is 6.54 Å². The second kappa shape index (κ2) is 5.98. The highest BCUT2D eigenvalue weighted by molar-refractivity contribution is 7.16. The number of halogens is 1. The summed E-state index contributed by atoms with van der Waals surface area (Å²) in [5, 5.41) is 13.4. The predicted octanol–water partition coefficient (Wildman–Crippen LogP) is 2.94. The molecule has 0 spiro atoms. The van der Waals surface area contributed by atoms with Gasteiger partial charge in [-0.1, -0.05) is 11.6 Å². The van der Waals surface area contributed by atoms with Crippen LogP contribution >= 0.6 is 22.9 Å². The van der Waals surface area contributed by atoms with Crippen molar-refractivity contribution in [1.29, 1.82) is 0 Å². The fraction of sp³-hybridized carbons (Fsp3) is 0.167. The van der Waals surface area contributed by atoms with Gasteiger partial charge in [-0.2, -0.15) is 0 Å². The molecular formula is C12H10ClN3O3S. The van der Waals surface area contributed by atoms with Crippen LogP contribution in [0.4, 0.5) is 5.69 Å². The van der Waals surface area contributed by atoms with Crippen molar-refractivity contribution in [3.05, 3.63) is 55.0 Å². The van der Waals surface area contributed by atoms with Gasteiger partial charge in [-0.05, 0) is 19.1 Å². The highest BCUT2D eigenvalue weighted by atomic mass is 35.5. The monoisotopic (exact) mass is 311 g/mol. The van der Waals surface area contributed by atoms with Crippen LogP contribution in [0.25, 0.3) is 0 Å². The summed E-state index contributed by atoms with van der Waals surface area (Å²) < 4.78 is 0.641. The number of carbonyl (C=O) groups excluding carboxylic acids is 1. The third-order valence-corrected chi connectivity index (χ3v) is 3.81. The molecule has 0 aliphatic carbocycles. The van der Waals surface area contributed by atoms with Crippen LogP contribution in [0.2, 0.25) is 4.34 Å². The molecule has 0 fully saturated rings. The van der Waals surface area contributed by atoms with Gasteiger partial charge in [0, 0.05) is 10.9 Å². The van der Waals surface area contributed by atoms with Crippen LogP contribution in [0, 0.1) is 17.0 Å². The molecule has 2 heterocycles. The molecule has 20 heavy (non-hydrogen) atoms. The summed E-state index contributed by atoms with van der Waals surface area (Å²) in [5.74, 6) is -0.400. The van der Waals surface area contributed by atoms with Gasteiger partial charge in [0.2, 0.25) is 0 Å². The highest BCUT2D eigenvalue weighted by Gasteiger charge is 2.15. The number of pyridine rings is 1. The predicted molar refractivity (Wildman–Crippen MR) is 76.1 cm³/mol. The van der Waals surface area contributed by atoms with Gasteiger partial charge in [-0.25, -0.2) is 0 Å². The lowest BCUT2D eigenvalue weighted by Crippen LogP contribution is -2.23. The summed E-state index contributed by atoms with van der Waals surface area (Å²) in [4.78, 5) is 26.9. The highest BCUT2D eigenvalue weighted by Crippen LogP contribution is 2.21. The molecule has 0 saturated carbocycles. The van der Waals surface area contributed by atoms with E-state index in [1.807, 2.05) is 6.07 Å². The van der Waals surface area contributed by atoms with E-state index >= 15 is 0 Å². The maximum Gasteiger partial charge on any atom is 0.288 e. The van der Waals surface area contributed by atoms with Gasteiger partial charge in [0.05, 0.1) is 27.1 Å². The largest absolute Gasteiger partial charge is 0.347 e. The first-order valence-electron chi connectivity index (χ1n) is 5.61. The number of nitrogens with zero attached hydrogens (tertiary/aromatic N) is 2. The molecule has 104 valence electrons. The Labute approximate surface area is 123 Å². The zero-order valence-electron chi connectivity index (χ0n) is 10.4. The average Bonchev–Trinajstić information content (AvgIpc) is 2.82. The second-order valence-corrected chi connectivity index (χ2v) is 5.77. The lowest BCUT2D eigenvalue weighted by molar-refractivity contribution is -0.385. The molecule has 2 aromatic heterocycles. The molecule has 2 rings (SSSR count). The quantitative estimate of drug-likeness (QED) is 0.695. The molecule has 0 aliphatic heterocycles. The molecule has 0 aromatic carbocycles. The van der Waals surface area contributed by atoms with Gasteiger partial charge in [-0.15, -0.1) is 11.3 Å². The molecule has 0 bridgehead atoms. The van der Waals surface area contributed by atoms with Crippen LogP contribution in [0.5, 0.6) is 0 Å². The van der Waals surface area contributed by atoms with Crippen LogP contribution in [0.15, 0.2) is 24.4 Å². The van der Waals surface area contributed by atoms with E-state index in [4.69, 9.17) is 11.6 Å². The van der Waals surface area contributed by atoms with Crippen molar-refractivity contribution in [2.75, 3.05) is 0 Å². The Bertz CT molecular complexity index is 672. The van der Waals surface area contributed by atoms with Gasteiger partial charge in [0.15, 0.2) is 0 Å². The number of aryl methyl sites for hydroxylation is 1. The van der Waals surface area contributed by atoms with E-state index in [0.717, 1.165) is 11.1 Å². The zero-order valence-corrected chi connectivity index (χ0v) is 12.0. The Kier molecular flexibility index (Phi) is 4.31. The van der Waals surface area contributed by atoms with Gasteiger partial charge in [0.25, 0.3) is 11.6 Å². The van der Waals surface area contributed by atoms with Crippen molar-refractivity contribution in [2.24, 2.45) is 0 Å². The van der Waals surface area contributed by atoms with Gasteiger partial charge in [0.1, 0.15) is 6.20 Å². The molecule has 0 atom stereocenters. The first kappa shape index (κ1) is 14.4. The van der Waals surface area contributed by atoms with E-state index in [2.05, 4.69) is 10.3 Å². The standard InChI is InChI=1S/C12H10ClN3O3S/c1-7-10(4-8(5-14-7)16(18)19)12(17)15-6-9-2-3-11(13)20-9/h2-5H,6H2,1H3,(H,15,17). The molecule has 1 N–H and O–H groups in total. The molecule has 8 heteroatoms. The maximum absolute atomic E-state index is 12.0. The van der Waals surface area contributed by atoms with Gasteiger partial charge >= 0.3 is 0 Å². The van der Waals surface area contributed by atoms with Crippen molar-refractivity contribution >= 4 is 34.5 Å². The van der Waals surface area contributed by atoms with Gasteiger partial charge < -0.3 is 5.32 Å². The minimum atomic E-state index is -0.581. The number of rotatable bonds is 4. The summed E-state index contributed by atoms with van der Waals surface area (Å²) in [6.07, 6.45) is 1.13. The maximum atomic E-state index is 12.0. The zero-order chi connectivity index (χ0) is 14.7. The molecule has 0 saturated heterocycles. The Balaban J connectivity index is 2.12. The number of nitrogens with one attached hydrogen (secondary N) is 1. The second-order valence-electron chi connectivity index (χ2n) is 3.97. The minimum absolute atomic E-state index is 0.196. The first-order chi connectivity index (χ1) is 9.47. The van der Waals surface area contributed by atoms with E-state index in [1.165, 1.54) is 17.4 Å². The molecule has 6 nitrogen and oxygen atoms in total. The Morgan fingerprint density at radius 2 is 2.30 bits per heavy atom. The summed E-state index contributed by atoms with van der Waals surface area (Å²) in [6.45, 7) is 1.94. The Morgan fingerprint density at radius 1 is 1.55 bits per heavy atom. The smallest absolute Gasteiger partial charge is 0.288 e. The van der Waals surface area contributed by atoms with Crippen molar-refractivity contribution in [3.63, 3.8) is 0 Å². The number of hydrogen-bond donors (Lipinski definition) is 1. The van der Waals surface area contributed by atoms with Crippen molar-refractivity contribution in [2.45, 2.75) is 13.5 Å². The van der Waals surface area contributed by atoms with E-state index < -0.39 is 10.8 Å². The van der Waals surface area contributed by atoms with Crippen molar-refractivity contribution in [1.82, 2.24) is 10.3 Å². The third kappa shape index (κ3) is 3.31. The minimum Gasteiger partial charge on any atom is -0.347 e. The third-order valence-electron chi connectivity index (χ3n) is 2.58. The Morgan fingerprint density at radius 3 is 2.90 bits per heavy atom. The molecule has 1 amide bonds. The van der Waals surface area contributed by atoms with Crippen molar-refractivity contribution < 1.29 is 9.72 Å². The number of hydrogen-bond acceptors (Lipinski definition) is 5. The van der Waals surface area contributed by atoms with E-state index in [0.29, 0.717) is 16.6 Å². The van der Waals surface area contributed by atoms with Crippen molar-refractivity contribution in [3.8, 4) is 0 Å². The molecular weight excluding hydrogens is 302 g/mol. The number of aromatic nitrogens is 1. The molecule has 0 unspecified atom stereocenters. The summed E-state index contributed by atoms with van der Waals surface area (Å²) >= 11 is 7.16. The van der Waals surface area contributed by atoms with Crippen LogP contribution in [-0.4, -0.2) is 15.8 Å².